The van der Waals surface area contributed by atoms with Crippen LogP contribution in [0.4, 0.5) is 0 Å². The summed E-state index contributed by atoms with van der Waals surface area (Å²) in [7, 11) is 0. The van der Waals surface area contributed by atoms with Crippen molar-refractivity contribution in [3.05, 3.63) is 40.2 Å². The van der Waals surface area contributed by atoms with E-state index in [1.807, 2.05) is 18.2 Å². The predicted molar refractivity (Wildman–Crippen MR) is 79.6 cm³/mol. The Morgan fingerprint density at radius 2 is 1.95 bits per heavy atom. The second-order valence-electron chi connectivity index (χ2n) is 4.01. The SMILES string of the molecule is O=C(C=C1SCCS1)/C=C/c1ccc2c(c1)OCO2. The lowest BCUT2D eigenvalue weighted by atomic mass is 10.1. The summed E-state index contributed by atoms with van der Waals surface area (Å²) in [6.45, 7) is 0.266. The van der Waals surface area contributed by atoms with Gasteiger partial charge in [-0.05, 0) is 23.8 Å². The number of thioether (sulfide) groups is 2. The summed E-state index contributed by atoms with van der Waals surface area (Å²) in [6.07, 6.45) is 5.08. The van der Waals surface area contributed by atoms with Crippen molar-refractivity contribution in [2.75, 3.05) is 18.3 Å². The minimum Gasteiger partial charge on any atom is -0.454 e. The van der Waals surface area contributed by atoms with Crippen molar-refractivity contribution in [1.82, 2.24) is 0 Å². The van der Waals surface area contributed by atoms with Gasteiger partial charge in [0.1, 0.15) is 0 Å². The fourth-order valence-corrected chi connectivity index (χ4v) is 4.07. The van der Waals surface area contributed by atoms with Crippen LogP contribution in [0, 0.1) is 0 Å². The summed E-state index contributed by atoms with van der Waals surface area (Å²) in [5, 5.41) is 0. The molecule has 0 radical (unpaired) electrons. The molecule has 5 heteroatoms. The number of allylic oxidation sites excluding steroid dienone is 2. The minimum absolute atomic E-state index is 0.0227. The molecule has 2 heterocycles. The number of ketones is 1. The number of fused-ring (bicyclic) bond motifs is 1. The van der Waals surface area contributed by atoms with Crippen LogP contribution in [-0.4, -0.2) is 24.1 Å². The molecule has 0 atom stereocenters. The molecule has 0 saturated carbocycles. The molecule has 2 aliphatic rings. The molecule has 3 nitrogen and oxygen atoms in total. The predicted octanol–water partition coefficient (Wildman–Crippen LogP) is 3.32. The monoisotopic (exact) mass is 292 g/mol. The molecule has 0 spiro atoms. The Bertz CT molecular complexity index is 556. The molecule has 1 aromatic rings. The van der Waals surface area contributed by atoms with Gasteiger partial charge in [0.2, 0.25) is 6.79 Å². The van der Waals surface area contributed by atoms with E-state index in [0.29, 0.717) is 0 Å². The van der Waals surface area contributed by atoms with E-state index in [1.54, 1.807) is 41.8 Å². The van der Waals surface area contributed by atoms with Crippen LogP contribution in [0.3, 0.4) is 0 Å². The normalized spacial score (nSPS) is 17.2. The average molecular weight is 292 g/mol. The molecule has 0 N–H and O–H groups in total. The molecule has 0 amide bonds. The molecule has 0 bridgehead atoms. The molecule has 0 aromatic heterocycles. The first-order chi connectivity index (χ1) is 9.31. The van der Waals surface area contributed by atoms with Crippen molar-refractivity contribution in [2.45, 2.75) is 0 Å². The van der Waals surface area contributed by atoms with Crippen LogP contribution in [0.15, 0.2) is 34.6 Å². The van der Waals surface area contributed by atoms with Gasteiger partial charge in [-0.25, -0.2) is 0 Å². The van der Waals surface area contributed by atoms with Gasteiger partial charge >= 0.3 is 0 Å². The summed E-state index contributed by atoms with van der Waals surface area (Å²) >= 11 is 3.48. The number of hydrogen-bond donors (Lipinski definition) is 0. The van der Waals surface area contributed by atoms with Crippen LogP contribution in [-0.2, 0) is 4.79 Å². The molecule has 19 heavy (non-hydrogen) atoms. The standard InChI is InChI=1S/C14H12O3S2/c15-11(8-14-18-5-6-19-14)3-1-10-2-4-12-13(7-10)17-9-16-12/h1-4,7-8H,5-6,9H2/b3-1+. The minimum atomic E-state index is 0.0227. The lowest BCUT2D eigenvalue weighted by Crippen LogP contribution is -1.92. The maximum atomic E-state index is 11.8. The van der Waals surface area contributed by atoms with E-state index in [1.165, 1.54) is 0 Å². The highest BCUT2D eigenvalue weighted by atomic mass is 32.2. The summed E-state index contributed by atoms with van der Waals surface area (Å²) in [6, 6.07) is 5.63. The largest absolute Gasteiger partial charge is 0.454 e. The van der Waals surface area contributed by atoms with Crippen LogP contribution in [0.5, 0.6) is 11.5 Å². The van der Waals surface area contributed by atoms with E-state index < -0.39 is 0 Å². The van der Waals surface area contributed by atoms with Gasteiger partial charge in [-0.2, -0.15) is 0 Å². The third-order valence-corrected chi connectivity index (χ3v) is 5.26. The molecule has 1 saturated heterocycles. The van der Waals surface area contributed by atoms with Crippen molar-refractivity contribution in [1.29, 1.82) is 0 Å². The van der Waals surface area contributed by atoms with Crippen LogP contribution >= 0.6 is 23.5 Å². The van der Waals surface area contributed by atoms with E-state index >= 15 is 0 Å². The number of carbonyl (C=O) groups excluding carboxylic acids is 1. The Hall–Kier alpha value is -1.33. The van der Waals surface area contributed by atoms with E-state index in [9.17, 15) is 4.79 Å². The molecule has 2 aliphatic heterocycles. The Morgan fingerprint density at radius 1 is 1.16 bits per heavy atom. The second kappa shape index (κ2) is 5.75. The topological polar surface area (TPSA) is 35.5 Å². The van der Waals surface area contributed by atoms with Gasteiger partial charge in [0, 0.05) is 21.8 Å². The first kappa shape index (κ1) is 12.7. The van der Waals surface area contributed by atoms with Crippen molar-refractivity contribution >= 4 is 35.4 Å². The van der Waals surface area contributed by atoms with Crippen molar-refractivity contribution in [3.8, 4) is 11.5 Å². The quantitative estimate of drug-likeness (QED) is 0.799. The van der Waals surface area contributed by atoms with E-state index in [2.05, 4.69) is 0 Å². The second-order valence-corrected chi connectivity index (χ2v) is 6.54. The smallest absolute Gasteiger partial charge is 0.231 e. The molecular weight excluding hydrogens is 280 g/mol. The third-order valence-electron chi connectivity index (χ3n) is 2.67. The first-order valence-corrected chi connectivity index (χ1v) is 7.87. The maximum Gasteiger partial charge on any atom is 0.231 e. The number of ether oxygens (including phenoxy) is 2. The number of benzene rings is 1. The fraction of sp³-hybridized carbons (Fsp3) is 0.214. The third kappa shape index (κ3) is 3.16. The van der Waals surface area contributed by atoms with Gasteiger partial charge < -0.3 is 9.47 Å². The molecule has 0 aliphatic carbocycles. The van der Waals surface area contributed by atoms with Crippen LogP contribution in [0.1, 0.15) is 5.56 Å². The van der Waals surface area contributed by atoms with Gasteiger partial charge in [0.15, 0.2) is 17.3 Å². The molecule has 98 valence electrons. The van der Waals surface area contributed by atoms with Crippen LogP contribution < -0.4 is 9.47 Å². The highest BCUT2D eigenvalue weighted by molar-refractivity contribution is 8.25. The zero-order chi connectivity index (χ0) is 13.1. The summed E-state index contributed by atoms with van der Waals surface area (Å²) in [5.41, 5.74) is 0.933. The highest BCUT2D eigenvalue weighted by Gasteiger charge is 2.12. The molecule has 1 fully saturated rings. The van der Waals surface area contributed by atoms with Gasteiger partial charge in [-0.15, -0.1) is 23.5 Å². The fourth-order valence-electron chi connectivity index (χ4n) is 1.77. The maximum absolute atomic E-state index is 11.8. The van der Waals surface area contributed by atoms with E-state index in [4.69, 9.17) is 9.47 Å². The summed E-state index contributed by atoms with van der Waals surface area (Å²) in [5.74, 6) is 3.69. The molecular formula is C14H12O3S2. The molecule has 1 aromatic carbocycles. The Morgan fingerprint density at radius 3 is 2.79 bits per heavy atom. The van der Waals surface area contributed by atoms with Crippen LogP contribution in [0.25, 0.3) is 6.08 Å². The average Bonchev–Trinajstić information content (AvgIpc) is 3.06. The highest BCUT2D eigenvalue weighted by Crippen LogP contribution is 2.36. The van der Waals surface area contributed by atoms with Crippen molar-refractivity contribution < 1.29 is 14.3 Å². The van der Waals surface area contributed by atoms with Crippen LogP contribution in [0.2, 0.25) is 0 Å². The zero-order valence-corrected chi connectivity index (χ0v) is 11.8. The Balaban J connectivity index is 1.68. The number of rotatable bonds is 3. The van der Waals surface area contributed by atoms with E-state index in [-0.39, 0.29) is 12.6 Å². The summed E-state index contributed by atoms with van der Waals surface area (Å²) < 4.78 is 11.6. The molecule has 3 rings (SSSR count). The summed E-state index contributed by atoms with van der Waals surface area (Å²) in [4.78, 5) is 11.8. The van der Waals surface area contributed by atoms with E-state index in [0.717, 1.165) is 32.8 Å². The Kier molecular flexibility index (Phi) is 3.84. The Labute approximate surface area is 120 Å². The number of hydrogen-bond acceptors (Lipinski definition) is 5. The van der Waals surface area contributed by atoms with Crippen molar-refractivity contribution in [2.24, 2.45) is 0 Å². The van der Waals surface area contributed by atoms with Gasteiger partial charge in [0.25, 0.3) is 0 Å². The number of carbonyl (C=O) groups is 1. The first-order valence-electron chi connectivity index (χ1n) is 5.90. The zero-order valence-electron chi connectivity index (χ0n) is 10.1. The molecule has 0 unspecified atom stereocenters. The van der Waals surface area contributed by atoms with Gasteiger partial charge in [-0.3, -0.25) is 4.79 Å². The lowest BCUT2D eigenvalue weighted by molar-refractivity contribution is -0.110. The lowest BCUT2D eigenvalue weighted by Gasteiger charge is -1.97. The van der Waals surface area contributed by atoms with Gasteiger partial charge in [-0.1, -0.05) is 12.1 Å². The van der Waals surface area contributed by atoms with Gasteiger partial charge in [0.05, 0.1) is 0 Å². The van der Waals surface area contributed by atoms with Crippen molar-refractivity contribution in [3.63, 3.8) is 0 Å².